The summed E-state index contributed by atoms with van der Waals surface area (Å²) in [6.45, 7) is 4.64. The van der Waals surface area contributed by atoms with Gasteiger partial charge >= 0.3 is 0 Å². The number of nitrogens with one attached hydrogen (secondary N) is 2. The first-order valence-corrected chi connectivity index (χ1v) is 10.4. The van der Waals surface area contributed by atoms with Gasteiger partial charge < -0.3 is 10.3 Å². The number of nitrogens with zero attached hydrogens (tertiary/aromatic N) is 3. The molecule has 0 amide bonds. The zero-order valence-electron chi connectivity index (χ0n) is 16.1. The number of aromatic nitrogens is 4. The van der Waals surface area contributed by atoms with Crippen molar-refractivity contribution in [2.75, 3.05) is 5.32 Å². The number of halogens is 1. The van der Waals surface area contributed by atoms with Crippen LogP contribution in [0.3, 0.4) is 0 Å². The van der Waals surface area contributed by atoms with Crippen LogP contribution in [0.1, 0.15) is 33.1 Å². The molecule has 5 nitrogen and oxygen atoms in total. The number of hydrogen-bond acceptors (Lipinski definition) is 3. The van der Waals surface area contributed by atoms with E-state index in [-0.39, 0.29) is 0 Å². The van der Waals surface area contributed by atoms with Gasteiger partial charge in [0.2, 0.25) is 0 Å². The Morgan fingerprint density at radius 3 is 2.96 bits per heavy atom. The summed E-state index contributed by atoms with van der Waals surface area (Å²) in [6, 6.07) is 8.63. The van der Waals surface area contributed by atoms with E-state index >= 15 is 0 Å². The van der Waals surface area contributed by atoms with Gasteiger partial charge in [-0.3, -0.25) is 4.40 Å². The average molecular weight is 394 g/mol. The van der Waals surface area contributed by atoms with E-state index in [0.29, 0.717) is 11.2 Å². The molecule has 1 aliphatic rings. The average Bonchev–Trinajstić information content (AvgIpc) is 3.42. The molecule has 1 aromatic carbocycles. The van der Waals surface area contributed by atoms with Gasteiger partial charge in [0, 0.05) is 41.1 Å². The predicted molar refractivity (Wildman–Crippen MR) is 115 cm³/mol. The van der Waals surface area contributed by atoms with E-state index in [0.717, 1.165) is 51.9 Å². The molecule has 1 aliphatic carbocycles. The number of rotatable bonds is 4. The molecule has 28 heavy (non-hydrogen) atoms. The molecule has 1 saturated carbocycles. The van der Waals surface area contributed by atoms with Crippen LogP contribution in [0, 0.1) is 11.8 Å². The van der Waals surface area contributed by atoms with Crippen molar-refractivity contribution in [3.8, 4) is 11.3 Å². The Morgan fingerprint density at radius 1 is 1.29 bits per heavy atom. The molecule has 0 spiro atoms. The fraction of sp³-hybridized carbons (Fsp3) is 0.364. The van der Waals surface area contributed by atoms with Crippen LogP contribution in [0.4, 0.5) is 5.82 Å². The molecule has 1 fully saturated rings. The van der Waals surface area contributed by atoms with Gasteiger partial charge in [-0.1, -0.05) is 50.1 Å². The van der Waals surface area contributed by atoms with Crippen molar-refractivity contribution >= 4 is 34.0 Å². The summed E-state index contributed by atoms with van der Waals surface area (Å²) < 4.78 is 1.92. The highest BCUT2D eigenvalue weighted by atomic mass is 35.5. The third kappa shape index (κ3) is 2.76. The Balaban J connectivity index is 1.61. The molecular formula is C22H24ClN5. The Labute approximate surface area is 169 Å². The molecule has 0 radical (unpaired) electrons. The van der Waals surface area contributed by atoms with E-state index < -0.39 is 0 Å². The second-order valence-electron chi connectivity index (χ2n) is 7.93. The maximum atomic E-state index is 6.75. The van der Waals surface area contributed by atoms with Gasteiger partial charge in [-0.25, -0.2) is 9.97 Å². The third-order valence-corrected chi connectivity index (χ3v) is 6.60. The normalized spacial score (nSPS) is 22.3. The fourth-order valence-corrected chi connectivity index (χ4v) is 4.99. The molecule has 0 bridgehead atoms. The van der Waals surface area contributed by atoms with E-state index in [2.05, 4.69) is 41.3 Å². The molecule has 2 unspecified atom stereocenters. The molecule has 5 rings (SSSR count). The lowest BCUT2D eigenvalue weighted by Crippen LogP contribution is -2.18. The smallest absolute Gasteiger partial charge is 0.181 e. The minimum absolute atomic E-state index is 0.421. The minimum atomic E-state index is 0.421. The lowest BCUT2D eigenvalue weighted by atomic mass is 9.96. The largest absolute Gasteiger partial charge is 0.364 e. The zero-order chi connectivity index (χ0) is 19.3. The second kappa shape index (κ2) is 6.82. The predicted octanol–water partition coefficient (Wildman–Crippen LogP) is 5.77. The molecule has 3 aromatic heterocycles. The summed E-state index contributed by atoms with van der Waals surface area (Å²) in [6.07, 6.45) is 9.23. The third-order valence-electron chi connectivity index (χ3n) is 6.24. The van der Waals surface area contributed by atoms with E-state index in [1.807, 2.05) is 28.9 Å². The number of anilines is 1. The molecule has 0 saturated heterocycles. The fourth-order valence-electron chi connectivity index (χ4n) is 4.71. The Kier molecular flexibility index (Phi) is 4.27. The summed E-state index contributed by atoms with van der Waals surface area (Å²) in [7, 11) is 0. The Hall–Kier alpha value is -2.53. The van der Waals surface area contributed by atoms with Crippen LogP contribution in [-0.4, -0.2) is 25.4 Å². The van der Waals surface area contributed by atoms with Crippen LogP contribution in [0.2, 0.25) is 5.15 Å². The lowest BCUT2D eigenvalue weighted by molar-refractivity contribution is 0.407. The molecule has 4 aromatic rings. The summed E-state index contributed by atoms with van der Waals surface area (Å²) >= 11 is 6.75. The molecular weight excluding hydrogens is 370 g/mol. The quantitative estimate of drug-likeness (QED) is 0.463. The van der Waals surface area contributed by atoms with E-state index in [4.69, 9.17) is 16.6 Å². The first-order valence-electron chi connectivity index (χ1n) is 10.0. The summed E-state index contributed by atoms with van der Waals surface area (Å²) in [5.41, 5.74) is 3.63. The zero-order valence-corrected chi connectivity index (χ0v) is 16.9. The first kappa shape index (κ1) is 17.6. The molecule has 6 heteroatoms. The SMILES string of the molecule is CCC1C[C@H](Nc2nc(-c3c[nH]c4ccccc34)c(Cl)n3ccnc23)CC1C. The Bertz CT molecular complexity index is 1140. The van der Waals surface area contributed by atoms with Crippen molar-refractivity contribution in [2.45, 2.75) is 39.2 Å². The number of imidazole rings is 1. The van der Waals surface area contributed by atoms with Gasteiger partial charge in [0.1, 0.15) is 10.8 Å². The molecule has 3 atom stereocenters. The van der Waals surface area contributed by atoms with Gasteiger partial charge in [0.25, 0.3) is 0 Å². The van der Waals surface area contributed by atoms with E-state index in [1.165, 1.54) is 12.8 Å². The molecule has 2 N–H and O–H groups in total. The van der Waals surface area contributed by atoms with Crippen LogP contribution in [0.25, 0.3) is 27.8 Å². The van der Waals surface area contributed by atoms with Gasteiger partial charge in [-0.15, -0.1) is 0 Å². The van der Waals surface area contributed by atoms with Crippen LogP contribution >= 0.6 is 11.6 Å². The number of H-pyrrole nitrogens is 1. The van der Waals surface area contributed by atoms with Gasteiger partial charge in [0.15, 0.2) is 11.5 Å². The number of fused-ring (bicyclic) bond motifs is 2. The molecule has 0 aliphatic heterocycles. The van der Waals surface area contributed by atoms with Crippen molar-refractivity contribution in [3.05, 3.63) is 48.0 Å². The Morgan fingerprint density at radius 2 is 2.14 bits per heavy atom. The van der Waals surface area contributed by atoms with Gasteiger partial charge in [-0.05, 0) is 30.7 Å². The standard InChI is InChI=1S/C22H24ClN5/c1-3-14-11-15(10-13(14)2)26-21-22-24-8-9-28(22)20(23)19(27-21)17-12-25-18-7-5-4-6-16(17)18/h4-9,12-15,25H,3,10-11H2,1-2H3,(H,26,27)/t13?,14?,15-/m1/s1. The van der Waals surface area contributed by atoms with Gasteiger partial charge in [0.05, 0.1) is 0 Å². The van der Waals surface area contributed by atoms with Crippen molar-refractivity contribution < 1.29 is 0 Å². The lowest BCUT2D eigenvalue weighted by Gasteiger charge is -2.16. The maximum absolute atomic E-state index is 6.75. The van der Waals surface area contributed by atoms with Crippen molar-refractivity contribution in [1.29, 1.82) is 0 Å². The first-order chi connectivity index (χ1) is 13.7. The van der Waals surface area contributed by atoms with Crippen LogP contribution in [0.15, 0.2) is 42.9 Å². The van der Waals surface area contributed by atoms with Crippen molar-refractivity contribution in [2.24, 2.45) is 11.8 Å². The summed E-state index contributed by atoms with van der Waals surface area (Å²) in [5.74, 6) is 2.32. The van der Waals surface area contributed by atoms with Crippen LogP contribution in [-0.2, 0) is 0 Å². The summed E-state index contributed by atoms with van der Waals surface area (Å²) in [5, 5.41) is 5.37. The highest BCUT2D eigenvalue weighted by Gasteiger charge is 2.31. The number of para-hydroxylation sites is 1. The second-order valence-corrected chi connectivity index (χ2v) is 8.28. The van der Waals surface area contributed by atoms with E-state index in [9.17, 15) is 0 Å². The number of aromatic amines is 1. The maximum Gasteiger partial charge on any atom is 0.181 e. The van der Waals surface area contributed by atoms with Gasteiger partial charge in [-0.2, -0.15) is 0 Å². The highest BCUT2D eigenvalue weighted by Crippen LogP contribution is 2.38. The minimum Gasteiger partial charge on any atom is -0.364 e. The molecule has 3 heterocycles. The van der Waals surface area contributed by atoms with Crippen LogP contribution in [0.5, 0.6) is 0 Å². The monoisotopic (exact) mass is 393 g/mol. The van der Waals surface area contributed by atoms with E-state index in [1.54, 1.807) is 6.20 Å². The highest BCUT2D eigenvalue weighted by molar-refractivity contribution is 6.32. The molecule has 144 valence electrons. The van der Waals surface area contributed by atoms with Crippen molar-refractivity contribution in [3.63, 3.8) is 0 Å². The number of benzene rings is 1. The summed E-state index contributed by atoms with van der Waals surface area (Å²) in [4.78, 5) is 12.8. The van der Waals surface area contributed by atoms with Crippen molar-refractivity contribution in [1.82, 2.24) is 19.4 Å². The number of hydrogen-bond donors (Lipinski definition) is 2. The van der Waals surface area contributed by atoms with Crippen LogP contribution < -0.4 is 5.32 Å². The topological polar surface area (TPSA) is 58.0 Å².